The lowest BCUT2D eigenvalue weighted by atomic mass is 10.0. The van der Waals surface area contributed by atoms with Crippen molar-refractivity contribution < 1.29 is 23.9 Å². The van der Waals surface area contributed by atoms with E-state index in [1.807, 2.05) is 0 Å². The van der Waals surface area contributed by atoms with E-state index >= 15 is 0 Å². The minimum Gasteiger partial charge on any atom is -0.462 e. The van der Waals surface area contributed by atoms with E-state index in [9.17, 15) is 14.4 Å². The van der Waals surface area contributed by atoms with Crippen molar-refractivity contribution in [3.05, 3.63) is 0 Å². The van der Waals surface area contributed by atoms with E-state index in [1.165, 1.54) is 122 Å². The molecule has 0 aliphatic heterocycles. The van der Waals surface area contributed by atoms with Gasteiger partial charge in [-0.25, -0.2) is 4.79 Å². The SMILES string of the molecule is CCCCCCCCCCCC(=O)OC(=O)[C@@H](N)CCC(=O)OC(CCCCCCCC)CCCCCCCCCCC. The Morgan fingerprint density at radius 2 is 0.837 bits per heavy atom. The largest absolute Gasteiger partial charge is 0.462 e. The first kappa shape index (κ1) is 41.6. The molecule has 0 radical (unpaired) electrons. The van der Waals surface area contributed by atoms with Crippen LogP contribution < -0.4 is 5.73 Å². The summed E-state index contributed by atoms with van der Waals surface area (Å²) in [6.07, 6.45) is 31.3. The Labute approximate surface area is 266 Å². The van der Waals surface area contributed by atoms with Crippen LogP contribution in [0.4, 0.5) is 0 Å². The highest BCUT2D eigenvalue weighted by Crippen LogP contribution is 2.18. The fourth-order valence-electron chi connectivity index (χ4n) is 5.55. The average Bonchev–Trinajstić information content (AvgIpc) is 2.99. The Morgan fingerprint density at radius 3 is 1.26 bits per heavy atom. The van der Waals surface area contributed by atoms with Crippen molar-refractivity contribution in [2.45, 2.75) is 219 Å². The molecule has 0 aromatic heterocycles. The molecule has 2 N–H and O–H groups in total. The van der Waals surface area contributed by atoms with Crippen LogP contribution in [-0.4, -0.2) is 30.1 Å². The molecule has 0 fully saturated rings. The molecule has 0 heterocycles. The average molecular weight is 610 g/mol. The maximum Gasteiger partial charge on any atom is 0.330 e. The van der Waals surface area contributed by atoms with E-state index in [4.69, 9.17) is 15.2 Å². The van der Waals surface area contributed by atoms with E-state index in [1.54, 1.807) is 0 Å². The number of rotatable bonds is 32. The normalized spacial score (nSPS) is 12.7. The summed E-state index contributed by atoms with van der Waals surface area (Å²) in [6.45, 7) is 6.69. The predicted octanol–water partition coefficient (Wildman–Crippen LogP) is 10.7. The first-order valence-electron chi connectivity index (χ1n) is 18.6. The Bertz CT molecular complexity index is 653. The van der Waals surface area contributed by atoms with Gasteiger partial charge in [0.2, 0.25) is 0 Å². The first-order chi connectivity index (χ1) is 20.9. The molecule has 1 unspecified atom stereocenters. The summed E-state index contributed by atoms with van der Waals surface area (Å²) in [4.78, 5) is 37.0. The van der Waals surface area contributed by atoms with Crippen molar-refractivity contribution in [1.29, 1.82) is 0 Å². The number of nitrogens with two attached hydrogens (primary N) is 1. The van der Waals surface area contributed by atoms with Gasteiger partial charge in [-0.2, -0.15) is 0 Å². The van der Waals surface area contributed by atoms with Crippen LogP contribution in [0.2, 0.25) is 0 Å². The molecule has 0 bridgehead atoms. The van der Waals surface area contributed by atoms with Gasteiger partial charge in [0.25, 0.3) is 0 Å². The van der Waals surface area contributed by atoms with Crippen LogP contribution in [0.25, 0.3) is 0 Å². The van der Waals surface area contributed by atoms with Gasteiger partial charge in [-0.1, -0.05) is 156 Å². The van der Waals surface area contributed by atoms with Gasteiger partial charge >= 0.3 is 17.9 Å². The van der Waals surface area contributed by atoms with Gasteiger partial charge in [-0.3, -0.25) is 9.59 Å². The molecule has 0 saturated carbocycles. The third kappa shape index (κ3) is 29.1. The van der Waals surface area contributed by atoms with E-state index in [-0.39, 0.29) is 31.3 Å². The summed E-state index contributed by atoms with van der Waals surface area (Å²) < 4.78 is 10.8. The standard InChI is InChI=1S/C37H71NO5/c1-4-7-10-13-16-18-20-23-26-29-33(28-25-22-15-12-9-6-3)42-36(40)32-31-34(38)37(41)43-35(39)30-27-24-21-19-17-14-11-8-5-2/h33-34H,4-32,38H2,1-3H3/t33?,34-/m0/s1. The van der Waals surface area contributed by atoms with Gasteiger partial charge in [-0.05, 0) is 38.5 Å². The fraction of sp³-hybridized carbons (Fsp3) is 0.919. The molecular formula is C37H71NO5. The van der Waals surface area contributed by atoms with E-state index in [0.29, 0.717) is 0 Å². The lowest BCUT2D eigenvalue weighted by Crippen LogP contribution is -2.34. The van der Waals surface area contributed by atoms with Crippen molar-refractivity contribution in [3.8, 4) is 0 Å². The smallest absolute Gasteiger partial charge is 0.330 e. The van der Waals surface area contributed by atoms with Crippen molar-refractivity contribution in [2.75, 3.05) is 0 Å². The summed E-state index contributed by atoms with van der Waals surface area (Å²) in [7, 11) is 0. The summed E-state index contributed by atoms with van der Waals surface area (Å²) in [5, 5.41) is 0. The van der Waals surface area contributed by atoms with Crippen molar-refractivity contribution in [3.63, 3.8) is 0 Å². The molecule has 0 aromatic rings. The highest BCUT2D eigenvalue weighted by Gasteiger charge is 2.21. The Kier molecular flexibility index (Phi) is 30.9. The topological polar surface area (TPSA) is 95.7 Å². The zero-order chi connectivity index (χ0) is 31.8. The van der Waals surface area contributed by atoms with Crippen LogP contribution in [0.1, 0.15) is 207 Å². The molecule has 0 amide bonds. The molecule has 2 atom stereocenters. The molecule has 0 saturated heterocycles. The number of unbranched alkanes of at least 4 members (excludes halogenated alkanes) is 21. The van der Waals surface area contributed by atoms with Crippen LogP contribution in [0.3, 0.4) is 0 Å². The van der Waals surface area contributed by atoms with Crippen LogP contribution in [0.5, 0.6) is 0 Å². The molecule has 43 heavy (non-hydrogen) atoms. The molecule has 0 rings (SSSR count). The summed E-state index contributed by atoms with van der Waals surface area (Å²) in [6, 6.07) is -0.992. The molecule has 254 valence electrons. The van der Waals surface area contributed by atoms with Gasteiger partial charge in [0.05, 0.1) is 0 Å². The van der Waals surface area contributed by atoms with Crippen LogP contribution in [0.15, 0.2) is 0 Å². The summed E-state index contributed by atoms with van der Waals surface area (Å²) in [5.74, 6) is -1.57. The summed E-state index contributed by atoms with van der Waals surface area (Å²) in [5.41, 5.74) is 5.96. The second kappa shape index (κ2) is 32.0. The van der Waals surface area contributed by atoms with Crippen molar-refractivity contribution in [2.24, 2.45) is 5.73 Å². The number of carbonyl (C=O) groups excluding carboxylic acids is 3. The number of ether oxygens (including phenoxy) is 2. The van der Waals surface area contributed by atoms with Gasteiger partial charge in [-0.15, -0.1) is 0 Å². The fourth-order valence-corrected chi connectivity index (χ4v) is 5.55. The van der Waals surface area contributed by atoms with E-state index in [0.717, 1.165) is 44.9 Å². The number of carbonyl (C=O) groups is 3. The third-order valence-electron chi connectivity index (χ3n) is 8.47. The minimum absolute atomic E-state index is 0.0630. The summed E-state index contributed by atoms with van der Waals surface area (Å²) >= 11 is 0. The van der Waals surface area contributed by atoms with E-state index < -0.39 is 18.0 Å². The molecule has 0 aliphatic carbocycles. The third-order valence-corrected chi connectivity index (χ3v) is 8.47. The molecule has 0 aliphatic rings. The van der Waals surface area contributed by atoms with Crippen molar-refractivity contribution >= 4 is 17.9 Å². The van der Waals surface area contributed by atoms with Crippen molar-refractivity contribution in [1.82, 2.24) is 0 Å². The maximum absolute atomic E-state index is 12.6. The molecule has 6 heteroatoms. The minimum atomic E-state index is -0.992. The number of hydrogen-bond donors (Lipinski definition) is 1. The van der Waals surface area contributed by atoms with Gasteiger partial charge in [0, 0.05) is 12.8 Å². The van der Waals surface area contributed by atoms with Gasteiger partial charge < -0.3 is 15.2 Å². The zero-order valence-corrected chi connectivity index (χ0v) is 28.8. The second-order valence-corrected chi connectivity index (χ2v) is 12.8. The number of esters is 3. The Hall–Kier alpha value is -1.43. The molecular weight excluding hydrogens is 538 g/mol. The monoisotopic (exact) mass is 610 g/mol. The van der Waals surface area contributed by atoms with Crippen LogP contribution >= 0.6 is 0 Å². The Morgan fingerprint density at radius 1 is 0.465 bits per heavy atom. The molecule has 6 nitrogen and oxygen atoms in total. The predicted molar refractivity (Wildman–Crippen MR) is 180 cm³/mol. The first-order valence-corrected chi connectivity index (χ1v) is 18.6. The Balaban J connectivity index is 4.26. The lowest BCUT2D eigenvalue weighted by Gasteiger charge is -2.19. The van der Waals surface area contributed by atoms with Crippen LogP contribution in [-0.2, 0) is 23.9 Å². The second-order valence-electron chi connectivity index (χ2n) is 12.8. The lowest BCUT2D eigenvalue weighted by molar-refractivity contribution is -0.160. The van der Waals surface area contributed by atoms with E-state index in [2.05, 4.69) is 20.8 Å². The van der Waals surface area contributed by atoms with Crippen LogP contribution in [0, 0.1) is 0 Å². The molecule has 0 spiro atoms. The highest BCUT2D eigenvalue weighted by molar-refractivity contribution is 5.88. The van der Waals surface area contributed by atoms with Gasteiger partial charge in [0.1, 0.15) is 12.1 Å². The maximum atomic E-state index is 12.6. The van der Waals surface area contributed by atoms with Gasteiger partial charge in [0.15, 0.2) is 0 Å². The zero-order valence-electron chi connectivity index (χ0n) is 28.8. The highest BCUT2D eigenvalue weighted by atomic mass is 16.6. The quantitative estimate of drug-likeness (QED) is 0.0463. The molecule has 0 aromatic carbocycles. The number of hydrogen-bond acceptors (Lipinski definition) is 6.